The standard InChI is InChI=1S/C29H40N4O4/c1-5-37-29(36)22-7-6-12-32(18-22)28(35)11-10-27(34)30-23-8-9-25-24(15-23)21(4)14-26(31-25)33-16-19(2)13-20(3)17-33/h8-9,14-15,19-20,22H,5-7,10-13,16-18H2,1-4H3,(H,30,34)/t19-,20+,22-/m0/s1. The highest BCUT2D eigenvalue weighted by molar-refractivity contribution is 5.96. The van der Waals surface area contributed by atoms with Crippen LogP contribution in [0.3, 0.4) is 0 Å². The van der Waals surface area contributed by atoms with Crippen LogP contribution in [0.1, 0.15) is 58.4 Å². The Morgan fingerprint density at radius 3 is 2.57 bits per heavy atom. The average molecular weight is 509 g/mol. The van der Waals surface area contributed by atoms with Gasteiger partial charge in [-0.05, 0) is 74.8 Å². The molecule has 2 aromatic rings. The van der Waals surface area contributed by atoms with Crippen molar-refractivity contribution in [2.24, 2.45) is 17.8 Å². The minimum Gasteiger partial charge on any atom is -0.466 e. The summed E-state index contributed by atoms with van der Waals surface area (Å²) < 4.78 is 5.11. The maximum atomic E-state index is 12.7. The lowest BCUT2D eigenvalue weighted by molar-refractivity contribution is -0.151. The number of pyridine rings is 1. The van der Waals surface area contributed by atoms with E-state index in [1.165, 1.54) is 6.42 Å². The summed E-state index contributed by atoms with van der Waals surface area (Å²) in [7, 11) is 0. The molecule has 1 N–H and O–H groups in total. The molecule has 0 radical (unpaired) electrons. The number of benzene rings is 1. The molecule has 200 valence electrons. The fraction of sp³-hybridized carbons (Fsp3) is 0.586. The fourth-order valence-electron chi connectivity index (χ4n) is 5.72. The summed E-state index contributed by atoms with van der Waals surface area (Å²) in [6.07, 6.45) is 2.97. The molecule has 3 heterocycles. The number of likely N-dealkylation sites (tertiary alicyclic amines) is 1. The average Bonchev–Trinajstić information content (AvgIpc) is 2.87. The number of amides is 2. The largest absolute Gasteiger partial charge is 0.466 e. The van der Waals surface area contributed by atoms with Gasteiger partial charge < -0.3 is 19.9 Å². The third-order valence-corrected chi connectivity index (χ3v) is 7.44. The lowest BCUT2D eigenvalue weighted by atomic mass is 9.92. The SMILES string of the molecule is CCOC(=O)[C@H]1CCCN(C(=O)CCC(=O)Nc2ccc3nc(N4C[C@H](C)C[C@H](C)C4)cc(C)c3c2)C1. The van der Waals surface area contributed by atoms with Gasteiger partial charge in [-0.25, -0.2) is 4.98 Å². The maximum Gasteiger partial charge on any atom is 0.310 e. The molecule has 4 rings (SSSR count). The van der Waals surface area contributed by atoms with Gasteiger partial charge in [-0.1, -0.05) is 13.8 Å². The Morgan fingerprint density at radius 1 is 1.08 bits per heavy atom. The van der Waals surface area contributed by atoms with Gasteiger partial charge in [0.15, 0.2) is 0 Å². The molecule has 2 aliphatic rings. The number of fused-ring (bicyclic) bond motifs is 1. The van der Waals surface area contributed by atoms with Gasteiger partial charge in [-0.3, -0.25) is 14.4 Å². The van der Waals surface area contributed by atoms with E-state index in [9.17, 15) is 14.4 Å². The smallest absolute Gasteiger partial charge is 0.310 e. The third kappa shape index (κ3) is 6.79. The van der Waals surface area contributed by atoms with E-state index in [1.807, 2.05) is 18.2 Å². The summed E-state index contributed by atoms with van der Waals surface area (Å²) in [6.45, 7) is 11.8. The van der Waals surface area contributed by atoms with Gasteiger partial charge in [0.1, 0.15) is 5.82 Å². The van der Waals surface area contributed by atoms with Gasteiger partial charge in [0, 0.05) is 50.1 Å². The van der Waals surface area contributed by atoms with Gasteiger partial charge in [-0.2, -0.15) is 0 Å². The van der Waals surface area contributed by atoms with E-state index >= 15 is 0 Å². The second kappa shape index (κ2) is 11.9. The molecular formula is C29H40N4O4. The quantitative estimate of drug-likeness (QED) is 0.552. The van der Waals surface area contributed by atoms with E-state index in [-0.39, 0.29) is 36.5 Å². The number of aryl methyl sites for hydroxylation is 1. The fourth-order valence-corrected chi connectivity index (χ4v) is 5.72. The molecule has 1 aromatic carbocycles. The van der Waals surface area contributed by atoms with Crippen molar-refractivity contribution in [3.8, 4) is 0 Å². The number of piperidine rings is 2. The molecule has 8 nitrogen and oxygen atoms in total. The normalized spacial score (nSPS) is 22.1. The van der Waals surface area contributed by atoms with Gasteiger partial charge in [0.2, 0.25) is 11.8 Å². The Kier molecular flexibility index (Phi) is 8.67. The van der Waals surface area contributed by atoms with E-state index < -0.39 is 0 Å². The number of rotatable bonds is 7. The third-order valence-electron chi connectivity index (χ3n) is 7.44. The maximum absolute atomic E-state index is 12.7. The first-order chi connectivity index (χ1) is 17.7. The number of hydrogen-bond acceptors (Lipinski definition) is 6. The lowest BCUT2D eigenvalue weighted by Gasteiger charge is -2.36. The van der Waals surface area contributed by atoms with Crippen molar-refractivity contribution in [2.45, 2.75) is 59.8 Å². The van der Waals surface area contributed by atoms with E-state index in [0.29, 0.717) is 37.2 Å². The summed E-state index contributed by atoms with van der Waals surface area (Å²) in [4.78, 5) is 46.3. The van der Waals surface area contributed by atoms with Crippen molar-refractivity contribution in [3.05, 3.63) is 29.8 Å². The number of carbonyl (C=O) groups excluding carboxylic acids is 3. The Morgan fingerprint density at radius 2 is 1.84 bits per heavy atom. The topological polar surface area (TPSA) is 91.8 Å². The Bertz CT molecular complexity index is 1140. The predicted octanol–water partition coefficient (Wildman–Crippen LogP) is 4.55. The molecule has 37 heavy (non-hydrogen) atoms. The Hall–Kier alpha value is -3.16. The first kappa shape index (κ1) is 26.9. The zero-order valence-electron chi connectivity index (χ0n) is 22.6. The van der Waals surface area contributed by atoms with E-state index in [4.69, 9.17) is 9.72 Å². The van der Waals surface area contributed by atoms with Crippen LogP contribution >= 0.6 is 0 Å². The number of esters is 1. The second-order valence-electron chi connectivity index (χ2n) is 10.9. The molecule has 0 aliphatic carbocycles. The molecule has 0 unspecified atom stereocenters. The Balaban J connectivity index is 1.34. The second-order valence-corrected chi connectivity index (χ2v) is 10.9. The zero-order valence-corrected chi connectivity index (χ0v) is 22.6. The van der Waals surface area contributed by atoms with Crippen LogP contribution in [-0.2, 0) is 19.1 Å². The number of anilines is 2. The van der Waals surface area contributed by atoms with E-state index in [2.05, 4.69) is 37.1 Å². The molecule has 1 aromatic heterocycles. The number of nitrogens with one attached hydrogen (secondary N) is 1. The summed E-state index contributed by atoms with van der Waals surface area (Å²) in [5, 5.41) is 3.94. The van der Waals surface area contributed by atoms with Crippen molar-refractivity contribution in [1.29, 1.82) is 0 Å². The summed E-state index contributed by atoms with van der Waals surface area (Å²) >= 11 is 0. The molecule has 2 amide bonds. The number of ether oxygens (including phenoxy) is 1. The van der Waals surface area contributed by atoms with Crippen molar-refractivity contribution in [1.82, 2.24) is 9.88 Å². The first-order valence-electron chi connectivity index (χ1n) is 13.6. The Labute approximate surface area is 219 Å². The van der Waals surface area contributed by atoms with Crippen LogP contribution in [0.5, 0.6) is 0 Å². The number of aromatic nitrogens is 1. The molecule has 2 fully saturated rings. The molecule has 8 heteroatoms. The highest BCUT2D eigenvalue weighted by Crippen LogP contribution is 2.29. The van der Waals surface area contributed by atoms with Crippen LogP contribution in [0.25, 0.3) is 10.9 Å². The van der Waals surface area contributed by atoms with Crippen molar-refractivity contribution in [3.63, 3.8) is 0 Å². The van der Waals surface area contributed by atoms with Gasteiger partial charge in [-0.15, -0.1) is 0 Å². The summed E-state index contributed by atoms with van der Waals surface area (Å²) in [5.74, 6) is 1.50. The van der Waals surface area contributed by atoms with Crippen LogP contribution in [0, 0.1) is 24.7 Å². The minimum absolute atomic E-state index is 0.0962. The minimum atomic E-state index is -0.275. The number of carbonyl (C=O) groups is 3. The van der Waals surface area contributed by atoms with Crippen LogP contribution in [-0.4, -0.2) is 60.5 Å². The summed E-state index contributed by atoms with van der Waals surface area (Å²) in [6, 6.07) is 7.91. The molecule has 0 spiro atoms. The van der Waals surface area contributed by atoms with Crippen LogP contribution < -0.4 is 10.2 Å². The summed E-state index contributed by atoms with van der Waals surface area (Å²) in [5.41, 5.74) is 2.73. The molecule has 3 atom stereocenters. The zero-order chi connectivity index (χ0) is 26.5. The van der Waals surface area contributed by atoms with Crippen LogP contribution in [0.4, 0.5) is 11.5 Å². The monoisotopic (exact) mass is 508 g/mol. The van der Waals surface area contributed by atoms with Crippen molar-refractivity contribution >= 4 is 40.2 Å². The molecule has 0 bridgehead atoms. The van der Waals surface area contributed by atoms with Crippen LogP contribution in [0.15, 0.2) is 24.3 Å². The van der Waals surface area contributed by atoms with Crippen molar-refractivity contribution in [2.75, 3.05) is 43.0 Å². The predicted molar refractivity (Wildman–Crippen MR) is 145 cm³/mol. The van der Waals surface area contributed by atoms with Gasteiger partial charge >= 0.3 is 5.97 Å². The first-order valence-corrected chi connectivity index (χ1v) is 13.6. The van der Waals surface area contributed by atoms with Gasteiger partial charge in [0.05, 0.1) is 18.0 Å². The van der Waals surface area contributed by atoms with Crippen molar-refractivity contribution < 1.29 is 19.1 Å². The number of hydrogen-bond donors (Lipinski definition) is 1. The van der Waals surface area contributed by atoms with E-state index in [1.54, 1.807) is 11.8 Å². The molecule has 2 aliphatic heterocycles. The van der Waals surface area contributed by atoms with Crippen LogP contribution in [0.2, 0.25) is 0 Å². The van der Waals surface area contributed by atoms with E-state index in [0.717, 1.165) is 48.2 Å². The molecular weight excluding hydrogens is 468 g/mol. The highest BCUT2D eigenvalue weighted by Gasteiger charge is 2.29. The molecule has 0 saturated carbocycles. The molecule has 2 saturated heterocycles. The lowest BCUT2D eigenvalue weighted by Crippen LogP contribution is -2.43. The highest BCUT2D eigenvalue weighted by atomic mass is 16.5. The number of nitrogens with zero attached hydrogens (tertiary/aromatic N) is 3. The van der Waals surface area contributed by atoms with Gasteiger partial charge in [0.25, 0.3) is 0 Å².